The van der Waals surface area contributed by atoms with Gasteiger partial charge in [0.1, 0.15) is 0 Å². The molecule has 0 radical (unpaired) electrons. The Morgan fingerprint density at radius 1 is 1.12 bits per heavy atom. The molecule has 0 aliphatic heterocycles. The molecule has 2 aromatic rings. The van der Waals surface area contributed by atoms with Crippen molar-refractivity contribution in [3.05, 3.63) is 42.1 Å². The van der Waals surface area contributed by atoms with Gasteiger partial charge in [0.15, 0.2) is 0 Å². The summed E-state index contributed by atoms with van der Waals surface area (Å²) >= 11 is 0. The molecule has 136 valence electrons. The summed E-state index contributed by atoms with van der Waals surface area (Å²) in [6, 6.07) is 10.2. The zero-order valence-electron chi connectivity index (χ0n) is 14.1. The van der Waals surface area contributed by atoms with Gasteiger partial charge < -0.3 is 11.1 Å². The number of halogens is 2. The van der Waals surface area contributed by atoms with E-state index in [1.54, 1.807) is 6.20 Å². The monoisotopic (exact) mass is 381 g/mol. The molecule has 25 heavy (non-hydrogen) atoms. The lowest BCUT2D eigenvalue weighted by Crippen LogP contribution is -2.53. The van der Waals surface area contributed by atoms with Gasteiger partial charge in [0, 0.05) is 29.2 Å². The SMILES string of the molecule is Cl.Cl.NC1CC2CCCC(C1)C2NC(=O)c1ccc2ncccc2c1. The third kappa shape index (κ3) is 4.08. The van der Waals surface area contributed by atoms with Crippen LogP contribution in [0.15, 0.2) is 36.5 Å². The number of hydrogen-bond donors (Lipinski definition) is 2. The molecule has 2 saturated carbocycles. The van der Waals surface area contributed by atoms with Crippen molar-refractivity contribution < 1.29 is 4.79 Å². The van der Waals surface area contributed by atoms with Crippen molar-refractivity contribution in [2.45, 2.75) is 44.2 Å². The summed E-state index contributed by atoms with van der Waals surface area (Å²) in [6.07, 6.45) is 7.52. The van der Waals surface area contributed by atoms with Gasteiger partial charge in [-0.15, -0.1) is 24.8 Å². The minimum Gasteiger partial charge on any atom is -0.349 e. The van der Waals surface area contributed by atoms with Crippen LogP contribution in [0.1, 0.15) is 42.5 Å². The lowest BCUT2D eigenvalue weighted by Gasteiger charge is -2.45. The lowest BCUT2D eigenvalue weighted by atomic mass is 9.67. The highest BCUT2D eigenvalue weighted by Crippen LogP contribution is 2.39. The average molecular weight is 382 g/mol. The van der Waals surface area contributed by atoms with E-state index in [1.807, 2.05) is 30.3 Å². The molecule has 4 nitrogen and oxygen atoms in total. The first-order chi connectivity index (χ1) is 11.2. The second-order valence-electron chi connectivity index (χ2n) is 7.09. The molecule has 6 heteroatoms. The van der Waals surface area contributed by atoms with E-state index >= 15 is 0 Å². The Bertz CT molecular complexity index is 725. The number of carbonyl (C=O) groups is 1. The van der Waals surface area contributed by atoms with E-state index in [1.165, 1.54) is 19.3 Å². The summed E-state index contributed by atoms with van der Waals surface area (Å²) in [5, 5.41) is 4.31. The fraction of sp³-hybridized carbons (Fsp3) is 0.474. The molecule has 1 heterocycles. The third-order valence-corrected chi connectivity index (χ3v) is 5.54. The number of benzene rings is 1. The Morgan fingerprint density at radius 2 is 1.84 bits per heavy atom. The van der Waals surface area contributed by atoms with Crippen LogP contribution in [-0.2, 0) is 0 Å². The molecule has 1 amide bonds. The molecule has 2 aliphatic carbocycles. The van der Waals surface area contributed by atoms with E-state index in [2.05, 4.69) is 10.3 Å². The molecule has 1 aromatic heterocycles. The predicted molar refractivity (Wildman–Crippen MR) is 106 cm³/mol. The van der Waals surface area contributed by atoms with Crippen molar-refractivity contribution in [1.29, 1.82) is 0 Å². The van der Waals surface area contributed by atoms with Crippen LogP contribution in [0.5, 0.6) is 0 Å². The second-order valence-corrected chi connectivity index (χ2v) is 7.09. The molecule has 2 aliphatic rings. The second kappa shape index (κ2) is 8.35. The first kappa shape index (κ1) is 20.0. The number of nitrogens with zero attached hydrogens (tertiary/aromatic N) is 1. The number of rotatable bonds is 2. The number of aromatic nitrogens is 1. The quantitative estimate of drug-likeness (QED) is 0.832. The summed E-state index contributed by atoms with van der Waals surface area (Å²) in [5.41, 5.74) is 7.81. The summed E-state index contributed by atoms with van der Waals surface area (Å²) in [6.45, 7) is 0. The normalized spacial score (nSPS) is 27.7. The molecule has 2 fully saturated rings. The van der Waals surface area contributed by atoms with Crippen molar-refractivity contribution in [2.75, 3.05) is 0 Å². The van der Waals surface area contributed by atoms with E-state index < -0.39 is 0 Å². The van der Waals surface area contributed by atoms with Crippen molar-refractivity contribution in [3.63, 3.8) is 0 Å². The van der Waals surface area contributed by atoms with Crippen LogP contribution in [0.25, 0.3) is 10.9 Å². The van der Waals surface area contributed by atoms with Crippen LogP contribution < -0.4 is 11.1 Å². The Hall–Kier alpha value is -1.36. The van der Waals surface area contributed by atoms with Gasteiger partial charge in [-0.25, -0.2) is 0 Å². The first-order valence-electron chi connectivity index (χ1n) is 8.62. The van der Waals surface area contributed by atoms with Crippen LogP contribution in [0.4, 0.5) is 0 Å². The third-order valence-electron chi connectivity index (χ3n) is 5.54. The van der Waals surface area contributed by atoms with Gasteiger partial charge in [0.25, 0.3) is 5.91 Å². The number of amides is 1. The zero-order chi connectivity index (χ0) is 15.8. The summed E-state index contributed by atoms with van der Waals surface area (Å²) in [4.78, 5) is 17.0. The van der Waals surface area contributed by atoms with Gasteiger partial charge >= 0.3 is 0 Å². The van der Waals surface area contributed by atoms with E-state index in [0.717, 1.165) is 29.3 Å². The smallest absolute Gasteiger partial charge is 0.251 e. The van der Waals surface area contributed by atoms with Gasteiger partial charge in [-0.3, -0.25) is 9.78 Å². The Labute approximate surface area is 160 Å². The van der Waals surface area contributed by atoms with Crippen LogP contribution in [0.2, 0.25) is 0 Å². The van der Waals surface area contributed by atoms with Crippen molar-refractivity contribution >= 4 is 41.6 Å². The number of fused-ring (bicyclic) bond motifs is 3. The molecule has 0 spiro atoms. The zero-order valence-corrected chi connectivity index (χ0v) is 15.7. The summed E-state index contributed by atoms with van der Waals surface area (Å²) in [7, 11) is 0. The number of carbonyl (C=O) groups excluding carboxylic acids is 1. The van der Waals surface area contributed by atoms with Crippen LogP contribution in [-0.4, -0.2) is 23.0 Å². The van der Waals surface area contributed by atoms with Gasteiger partial charge in [0.2, 0.25) is 0 Å². The molecule has 4 rings (SSSR count). The number of hydrogen-bond acceptors (Lipinski definition) is 3. The Kier molecular flexibility index (Phi) is 6.66. The van der Waals surface area contributed by atoms with Crippen molar-refractivity contribution in [1.82, 2.24) is 10.3 Å². The van der Waals surface area contributed by atoms with E-state index in [4.69, 9.17) is 5.73 Å². The van der Waals surface area contributed by atoms with E-state index in [0.29, 0.717) is 23.9 Å². The molecule has 2 unspecified atom stereocenters. The summed E-state index contributed by atoms with van der Waals surface area (Å²) in [5.74, 6) is 1.13. The van der Waals surface area contributed by atoms with E-state index in [9.17, 15) is 4.79 Å². The first-order valence-corrected chi connectivity index (χ1v) is 8.62. The number of pyridine rings is 1. The topological polar surface area (TPSA) is 68.0 Å². The van der Waals surface area contributed by atoms with Gasteiger partial charge in [-0.05, 0) is 61.8 Å². The average Bonchev–Trinajstić information content (AvgIpc) is 2.55. The molecular weight excluding hydrogens is 357 g/mol. The van der Waals surface area contributed by atoms with Crippen molar-refractivity contribution in [3.8, 4) is 0 Å². The van der Waals surface area contributed by atoms with Crippen molar-refractivity contribution in [2.24, 2.45) is 17.6 Å². The number of nitrogens with one attached hydrogen (secondary N) is 1. The molecule has 3 N–H and O–H groups in total. The van der Waals surface area contributed by atoms with Crippen LogP contribution >= 0.6 is 24.8 Å². The highest BCUT2D eigenvalue weighted by molar-refractivity contribution is 5.98. The van der Waals surface area contributed by atoms with E-state index in [-0.39, 0.29) is 30.7 Å². The maximum absolute atomic E-state index is 12.7. The minimum absolute atomic E-state index is 0. The van der Waals surface area contributed by atoms with Crippen LogP contribution in [0, 0.1) is 11.8 Å². The fourth-order valence-electron chi connectivity index (χ4n) is 4.48. The lowest BCUT2D eigenvalue weighted by molar-refractivity contribution is 0.0756. The molecule has 0 saturated heterocycles. The molecular formula is C19H25Cl2N3O. The van der Waals surface area contributed by atoms with Crippen LogP contribution in [0.3, 0.4) is 0 Å². The maximum atomic E-state index is 12.7. The highest BCUT2D eigenvalue weighted by Gasteiger charge is 2.39. The standard InChI is InChI=1S/C19H23N3O.2ClH/c20-16-10-13-3-1-4-14(11-16)18(13)22-19(23)15-6-7-17-12(9-15)5-2-8-21-17;;/h2,5-9,13-14,16,18H,1,3-4,10-11,20H2,(H,22,23);2*1H. The molecule has 1 aromatic carbocycles. The maximum Gasteiger partial charge on any atom is 0.251 e. The Balaban J connectivity index is 0.00000113. The molecule has 2 atom stereocenters. The van der Waals surface area contributed by atoms with Gasteiger partial charge in [-0.2, -0.15) is 0 Å². The van der Waals surface area contributed by atoms with Gasteiger partial charge in [-0.1, -0.05) is 12.5 Å². The Morgan fingerprint density at radius 3 is 2.56 bits per heavy atom. The largest absolute Gasteiger partial charge is 0.349 e. The minimum atomic E-state index is 0. The predicted octanol–water partition coefficient (Wildman–Crippen LogP) is 3.71. The fourth-order valence-corrected chi connectivity index (χ4v) is 4.48. The molecule has 2 bridgehead atoms. The summed E-state index contributed by atoms with van der Waals surface area (Å²) < 4.78 is 0. The number of nitrogens with two attached hydrogens (primary N) is 1. The highest BCUT2D eigenvalue weighted by atomic mass is 35.5. The van der Waals surface area contributed by atoms with Gasteiger partial charge in [0.05, 0.1) is 5.52 Å².